The summed E-state index contributed by atoms with van der Waals surface area (Å²) < 4.78 is 19.7. The Morgan fingerprint density at radius 1 is 1.40 bits per heavy atom. The van der Waals surface area contributed by atoms with Crippen molar-refractivity contribution in [1.29, 1.82) is 0 Å². The summed E-state index contributed by atoms with van der Waals surface area (Å²) in [6, 6.07) is 6.85. The summed E-state index contributed by atoms with van der Waals surface area (Å²) in [4.78, 5) is 22.4. The molecule has 0 aliphatic carbocycles. The van der Waals surface area contributed by atoms with Gasteiger partial charge in [-0.1, -0.05) is 0 Å². The van der Waals surface area contributed by atoms with Crippen LogP contribution in [0.15, 0.2) is 35.1 Å². The third kappa shape index (κ3) is 2.82. The van der Waals surface area contributed by atoms with Crippen molar-refractivity contribution >= 4 is 5.91 Å². The van der Waals surface area contributed by atoms with Crippen LogP contribution >= 0.6 is 0 Å². The van der Waals surface area contributed by atoms with Gasteiger partial charge in [-0.15, -0.1) is 0 Å². The number of amides is 1. The van der Waals surface area contributed by atoms with E-state index >= 15 is 0 Å². The summed E-state index contributed by atoms with van der Waals surface area (Å²) in [5.74, 6) is -0.871. The van der Waals surface area contributed by atoms with Crippen LogP contribution < -0.4 is 16.0 Å². The number of methoxy groups -OCH3 is 1. The Hall–Kier alpha value is -2.70. The summed E-state index contributed by atoms with van der Waals surface area (Å²) in [5, 5.41) is 3.92. The molecule has 0 spiro atoms. The molecule has 0 atom stereocenters. The molecule has 0 saturated carbocycles. The van der Waals surface area contributed by atoms with E-state index in [-0.39, 0.29) is 17.8 Å². The van der Waals surface area contributed by atoms with Crippen LogP contribution in [0.3, 0.4) is 0 Å². The van der Waals surface area contributed by atoms with Gasteiger partial charge in [0.15, 0.2) is 0 Å². The normalized spacial score (nSPS) is 10.3. The van der Waals surface area contributed by atoms with Gasteiger partial charge in [-0.2, -0.15) is 5.10 Å². The van der Waals surface area contributed by atoms with Gasteiger partial charge in [0, 0.05) is 17.7 Å². The second-order valence-corrected chi connectivity index (χ2v) is 4.03. The highest BCUT2D eigenvalue weighted by atomic mass is 19.1. The topological polar surface area (TPSA) is 87.2 Å². The van der Waals surface area contributed by atoms with Crippen LogP contribution in [0, 0.1) is 5.82 Å². The number of ether oxygens (including phenoxy) is 1. The fourth-order valence-electron chi connectivity index (χ4n) is 1.68. The fourth-order valence-corrected chi connectivity index (χ4v) is 1.68. The Balaban J connectivity index is 2.48. The van der Waals surface area contributed by atoms with Crippen molar-refractivity contribution in [2.24, 2.45) is 5.73 Å². The number of nitrogens with zero attached hydrogens (tertiary/aromatic N) is 2. The minimum atomic E-state index is -0.702. The van der Waals surface area contributed by atoms with Crippen molar-refractivity contribution in [1.82, 2.24) is 9.78 Å². The maximum absolute atomic E-state index is 13.9. The van der Waals surface area contributed by atoms with Crippen LogP contribution in [0.2, 0.25) is 0 Å². The number of hydrogen-bond acceptors (Lipinski definition) is 4. The second kappa shape index (κ2) is 5.52. The lowest BCUT2D eigenvalue weighted by Gasteiger charge is -2.07. The summed E-state index contributed by atoms with van der Waals surface area (Å²) in [5.41, 5.74) is 4.96. The zero-order valence-electron chi connectivity index (χ0n) is 10.7. The van der Waals surface area contributed by atoms with Gasteiger partial charge >= 0.3 is 0 Å². The molecule has 2 rings (SSSR count). The highest BCUT2D eigenvalue weighted by Gasteiger charge is 2.10. The molecule has 2 aromatic rings. The Morgan fingerprint density at radius 2 is 2.15 bits per heavy atom. The number of aromatic nitrogens is 2. The minimum absolute atomic E-state index is 0.198. The molecule has 0 aliphatic rings. The molecule has 0 bridgehead atoms. The SMILES string of the molecule is COc1ccc(-c2ccc(=O)n(CC(N)=O)n2)c(F)c1. The lowest BCUT2D eigenvalue weighted by Crippen LogP contribution is -2.29. The molecule has 2 N–H and O–H groups in total. The minimum Gasteiger partial charge on any atom is -0.497 e. The van der Waals surface area contributed by atoms with Crippen LogP contribution in [0.1, 0.15) is 0 Å². The van der Waals surface area contributed by atoms with Gasteiger partial charge in [0.1, 0.15) is 18.1 Å². The first kappa shape index (κ1) is 13.7. The predicted octanol–water partition coefficient (Wildman–Crippen LogP) is 0.543. The van der Waals surface area contributed by atoms with E-state index in [1.165, 1.54) is 31.4 Å². The maximum atomic E-state index is 13.9. The molecule has 1 heterocycles. The van der Waals surface area contributed by atoms with E-state index in [2.05, 4.69) is 5.10 Å². The standard InChI is InChI=1S/C13H12FN3O3/c1-20-8-2-3-9(10(14)6-8)11-4-5-13(19)17(16-11)7-12(15)18/h2-6H,7H2,1H3,(H2,15,18). The number of nitrogens with two attached hydrogens (primary N) is 1. The van der Waals surface area contributed by atoms with E-state index in [1.54, 1.807) is 6.07 Å². The van der Waals surface area contributed by atoms with Crippen LogP contribution in [0.5, 0.6) is 5.75 Å². The number of benzene rings is 1. The van der Waals surface area contributed by atoms with E-state index < -0.39 is 17.3 Å². The van der Waals surface area contributed by atoms with Gasteiger partial charge in [0.05, 0.1) is 12.8 Å². The number of halogens is 1. The van der Waals surface area contributed by atoms with Crippen molar-refractivity contribution in [3.05, 3.63) is 46.5 Å². The largest absolute Gasteiger partial charge is 0.497 e. The van der Waals surface area contributed by atoms with Gasteiger partial charge in [-0.3, -0.25) is 9.59 Å². The van der Waals surface area contributed by atoms with Crippen molar-refractivity contribution < 1.29 is 13.9 Å². The molecule has 0 saturated heterocycles. The number of primary amides is 1. The van der Waals surface area contributed by atoms with Gasteiger partial charge in [0.2, 0.25) is 5.91 Å². The number of hydrogen-bond donors (Lipinski definition) is 1. The molecule has 1 amide bonds. The Bertz CT molecular complexity index is 712. The molecule has 0 radical (unpaired) electrons. The molecular formula is C13H12FN3O3. The Kier molecular flexibility index (Phi) is 3.79. The number of carbonyl (C=O) groups is 1. The molecular weight excluding hydrogens is 265 g/mol. The van der Waals surface area contributed by atoms with Crippen molar-refractivity contribution in [3.8, 4) is 17.0 Å². The van der Waals surface area contributed by atoms with Gasteiger partial charge in [-0.25, -0.2) is 9.07 Å². The summed E-state index contributed by atoms with van der Waals surface area (Å²) in [6.45, 7) is -0.357. The summed E-state index contributed by atoms with van der Waals surface area (Å²) >= 11 is 0. The average Bonchev–Trinajstić information content (AvgIpc) is 2.41. The molecule has 1 aromatic carbocycles. The van der Waals surface area contributed by atoms with E-state index in [1.807, 2.05) is 0 Å². The third-order valence-electron chi connectivity index (χ3n) is 2.62. The van der Waals surface area contributed by atoms with Crippen LogP contribution in [0.4, 0.5) is 4.39 Å². The van der Waals surface area contributed by atoms with Crippen LogP contribution in [0.25, 0.3) is 11.3 Å². The van der Waals surface area contributed by atoms with E-state index in [0.717, 1.165) is 4.68 Å². The quantitative estimate of drug-likeness (QED) is 0.883. The fraction of sp³-hybridized carbons (Fsp3) is 0.154. The molecule has 20 heavy (non-hydrogen) atoms. The average molecular weight is 277 g/mol. The zero-order chi connectivity index (χ0) is 14.7. The number of rotatable bonds is 4. The van der Waals surface area contributed by atoms with Crippen molar-refractivity contribution in [2.45, 2.75) is 6.54 Å². The highest BCUT2D eigenvalue weighted by molar-refractivity contribution is 5.73. The van der Waals surface area contributed by atoms with Gasteiger partial charge in [-0.05, 0) is 18.2 Å². The first-order valence-corrected chi connectivity index (χ1v) is 5.71. The summed E-state index contributed by atoms with van der Waals surface area (Å²) in [6.07, 6.45) is 0. The zero-order valence-corrected chi connectivity index (χ0v) is 10.7. The smallest absolute Gasteiger partial charge is 0.267 e. The molecule has 7 heteroatoms. The van der Waals surface area contributed by atoms with E-state index in [0.29, 0.717) is 5.75 Å². The Morgan fingerprint density at radius 3 is 2.75 bits per heavy atom. The van der Waals surface area contributed by atoms with E-state index in [9.17, 15) is 14.0 Å². The molecule has 1 aromatic heterocycles. The summed E-state index contributed by atoms with van der Waals surface area (Å²) in [7, 11) is 1.43. The predicted molar refractivity (Wildman–Crippen MR) is 69.6 cm³/mol. The molecule has 104 valence electrons. The lowest BCUT2D eigenvalue weighted by molar-refractivity contribution is -0.118. The van der Waals surface area contributed by atoms with E-state index in [4.69, 9.17) is 10.5 Å². The Labute approximate surface area is 113 Å². The number of carbonyl (C=O) groups excluding carboxylic acids is 1. The maximum Gasteiger partial charge on any atom is 0.267 e. The van der Waals surface area contributed by atoms with Crippen molar-refractivity contribution in [3.63, 3.8) is 0 Å². The third-order valence-corrected chi connectivity index (χ3v) is 2.62. The van der Waals surface area contributed by atoms with Crippen LogP contribution in [-0.4, -0.2) is 22.8 Å². The van der Waals surface area contributed by atoms with Gasteiger partial charge in [0.25, 0.3) is 5.56 Å². The van der Waals surface area contributed by atoms with Gasteiger partial charge < -0.3 is 10.5 Å². The molecule has 6 nitrogen and oxygen atoms in total. The monoisotopic (exact) mass is 277 g/mol. The first-order valence-electron chi connectivity index (χ1n) is 5.71. The second-order valence-electron chi connectivity index (χ2n) is 4.03. The van der Waals surface area contributed by atoms with Crippen molar-refractivity contribution in [2.75, 3.05) is 7.11 Å². The highest BCUT2D eigenvalue weighted by Crippen LogP contribution is 2.23. The molecule has 0 aliphatic heterocycles. The van der Waals surface area contributed by atoms with Crippen LogP contribution in [-0.2, 0) is 11.3 Å². The molecule has 0 fully saturated rings. The first-order chi connectivity index (χ1) is 9.51. The lowest BCUT2D eigenvalue weighted by atomic mass is 10.1. The molecule has 0 unspecified atom stereocenters.